The van der Waals surface area contributed by atoms with Gasteiger partial charge in [0.1, 0.15) is 17.4 Å². The van der Waals surface area contributed by atoms with Gasteiger partial charge in [0.2, 0.25) is 0 Å². The van der Waals surface area contributed by atoms with E-state index in [0.717, 1.165) is 28.0 Å². The van der Waals surface area contributed by atoms with Crippen molar-refractivity contribution in [2.45, 2.75) is 52.4 Å². The molecule has 0 atom stereocenters. The van der Waals surface area contributed by atoms with Crippen LogP contribution in [0.1, 0.15) is 46.9 Å². The first-order valence-electron chi connectivity index (χ1n) is 15.3. The second kappa shape index (κ2) is 13.5. The van der Waals surface area contributed by atoms with Crippen molar-refractivity contribution in [2.75, 3.05) is 50.6 Å². The standard InChI is InChI=1S/C33H40F3N7O3/c1-6-42(23-8-12-41(13-9-23)19-33(34,35)36)32-21(3)25(30(44)39-18-26-28(46-5)15-20(2)40-31(26)45)17-27-24(10-14-43(27)32)22-7-11-38-29(16-22)37-4/h7,10-11,14-17,23H,6,8-9,12-13,18-19H2,1-5H3,(H,37,38)(H,39,44)(H,40,45). The van der Waals surface area contributed by atoms with E-state index in [1.54, 1.807) is 26.2 Å². The van der Waals surface area contributed by atoms with Crippen molar-refractivity contribution in [3.8, 4) is 16.9 Å². The van der Waals surface area contributed by atoms with Gasteiger partial charge in [-0.05, 0) is 69.5 Å². The molecule has 10 nitrogen and oxygen atoms in total. The molecular weight excluding hydrogens is 599 g/mol. The van der Waals surface area contributed by atoms with E-state index in [-0.39, 0.29) is 24.1 Å². The Morgan fingerprint density at radius 1 is 1.17 bits per heavy atom. The number of aromatic nitrogens is 3. The minimum atomic E-state index is -4.24. The molecular formula is C33H40F3N7O3. The molecule has 1 aliphatic heterocycles. The number of piperidine rings is 1. The Labute approximate surface area is 265 Å². The summed E-state index contributed by atoms with van der Waals surface area (Å²) in [5.74, 6) is 1.52. The number of nitrogens with one attached hydrogen (secondary N) is 3. The monoisotopic (exact) mass is 639 g/mol. The third-order valence-electron chi connectivity index (χ3n) is 8.64. The predicted octanol–water partition coefficient (Wildman–Crippen LogP) is 5.14. The molecule has 0 saturated carbocycles. The van der Waals surface area contributed by atoms with Crippen LogP contribution in [0.2, 0.25) is 0 Å². The van der Waals surface area contributed by atoms with Gasteiger partial charge in [-0.2, -0.15) is 13.2 Å². The SMILES string of the molecule is CCN(c1c(C)c(C(=O)NCc2c(OC)cc(C)[nH]c2=O)cc2c(-c3ccnc(NC)c3)ccn12)C1CCN(CC(F)(F)F)CC1. The van der Waals surface area contributed by atoms with Gasteiger partial charge in [0.25, 0.3) is 11.5 Å². The van der Waals surface area contributed by atoms with Gasteiger partial charge in [-0.3, -0.25) is 14.5 Å². The van der Waals surface area contributed by atoms with Crippen LogP contribution < -0.4 is 25.8 Å². The van der Waals surface area contributed by atoms with Gasteiger partial charge in [-0.1, -0.05) is 0 Å². The molecule has 0 radical (unpaired) electrons. The normalized spacial score (nSPS) is 14.4. The fourth-order valence-electron chi connectivity index (χ4n) is 6.41. The number of fused-ring (bicyclic) bond motifs is 1. The number of pyridine rings is 3. The third kappa shape index (κ3) is 6.84. The zero-order valence-corrected chi connectivity index (χ0v) is 26.7. The predicted molar refractivity (Wildman–Crippen MR) is 173 cm³/mol. The maximum Gasteiger partial charge on any atom is 0.401 e. The number of amides is 1. The second-order valence-electron chi connectivity index (χ2n) is 11.6. The van der Waals surface area contributed by atoms with Crippen molar-refractivity contribution in [3.05, 3.63) is 75.5 Å². The molecule has 0 aliphatic carbocycles. The maximum absolute atomic E-state index is 13.9. The Hall–Kier alpha value is -4.52. The Kier molecular flexibility index (Phi) is 9.61. The highest BCUT2D eigenvalue weighted by Gasteiger charge is 2.34. The van der Waals surface area contributed by atoms with Crippen LogP contribution in [-0.4, -0.2) is 77.7 Å². The number of nitrogens with zero attached hydrogens (tertiary/aromatic N) is 4. The van der Waals surface area contributed by atoms with Gasteiger partial charge in [0.15, 0.2) is 0 Å². The number of methoxy groups -OCH3 is 1. The fourth-order valence-corrected chi connectivity index (χ4v) is 6.41. The number of aromatic amines is 1. The number of anilines is 2. The molecule has 3 N–H and O–H groups in total. The molecule has 46 heavy (non-hydrogen) atoms. The zero-order chi connectivity index (χ0) is 33.2. The van der Waals surface area contributed by atoms with Crippen LogP contribution in [-0.2, 0) is 6.54 Å². The topological polar surface area (TPSA) is 107 Å². The summed E-state index contributed by atoms with van der Waals surface area (Å²) in [7, 11) is 3.27. The minimum absolute atomic E-state index is 0.0206. The number of halogens is 3. The summed E-state index contributed by atoms with van der Waals surface area (Å²) in [6.45, 7) is 5.94. The number of likely N-dealkylation sites (tertiary alicyclic amines) is 1. The zero-order valence-electron chi connectivity index (χ0n) is 26.7. The van der Waals surface area contributed by atoms with Crippen LogP contribution in [0.4, 0.5) is 24.8 Å². The lowest BCUT2D eigenvalue weighted by Crippen LogP contribution is -2.48. The van der Waals surface area contributed by atoms with Gasteiger partial charge < -0.3 is 29.7 Å². The van der Waals surface area contributed by atoms with Crippen molar-refractivity contribution in [1.82, 2.24) is 24.6 Å². The summed E-state index contributed by atoms with van der Waals surface area (Å²) < 4.78 is 46.7. The second-order valence-corrected chi connectivity index (χ2v) is 11.6. The first kappa shape index (κ1) is 32.9. The molecule has 0 bridgehead atoms. The number of aryl methyl sites for hydroxylation is 1. The fraction of sp³-hybridized carbons (Fsp3) is 0.424. The number of rotatable bonds is 10. The van der Waals surface area contributed by atoms with E-state index >= 15 is 0 Å². The summed E-state index contributed by atoms with van der Waals surface area (Å²) in [4.78, 5) is 37.4. The molecule has 5 heterocycles. The van der Waals surface area contributed by atoms with Crippen LogP contribution in [0.25, 0.3) is 16.6 Å². The van der Waals surface area contributed by atoms with Crippen LogP contribution in [0, 0.1) is 13.8 Å². The van der Waals surface area contributed by atoms with Crippen molar-refractivity contribution < 1.29 is 22.7 Å². The number of hydrogen-bond acceptors (Lipinski definition) is 7. The van der Waals surface area contributed by atoms with Crippen molar-refractivity contribution >= 4 is 23.1 Å². The Morgan fingerprint density at radius 3 is 2.57 bits per heavy atom. The molecule has 1 aliphatic rings. The third-order valence-corrected chi connectivity index (χ3v) is 8.64. The average Bonchev–Trinajstić information content (AvgIpc) is 3.45. The van der Waals surface area contributed by atoms with Crippen molar-refractivity contribution in [2.24, 2.45) is 0 Å². The number of alkyl halides is 3. The molecule has 4 aromatic heterocycles. The van der Waals surface area contributed by atoms with Crippen LogP contribution in [0.15, 0.2) is 47.5 Å². The number of hydrogen-bond donors (Lipinski definition) is 3. The van der Waals surface area contributed by atoms with E-state index in [1.807, 2.05) is 44.3 Å². The molecule has 0 spiro atoms. The maximum atomic E-state index is 13.9. The van der Waals surface area contributed by atoms with Gasteiger partial charge in [-0.15, -0.1) is 0 Å². The lowest BCUT2D eigenvalue weighted by Gasteiger charge is -2.40. The molecule has 1 fully saturated rings. The van der Waals surface area contributed by atoms with E-state index in [9.17, 15) is 22.8 Å². The Morgan fingerprint density at radius 2 is 1.91 bits per heavy atom. The number of carbonyl (C=O) groups is 1. The van der Waals surface area contributed by atoms with E-state index in [1.165, 1.54) is 12.0 Å². The first-order valence-corrected chi connectivity index (χ1v) is 15.3. The molecule has 1 amide bonds. The van der Waals surface area contributed by atoms with Gasteiger partial charge >= 0.3 is 6.18 Å². The molecule has 4 aromatic rings. The van der Waals surface area contributed by atoms with Crippen molar-refractivity contribution in [3.63, 3.8) is 0 Å². The summed E-state index contributed by atoms with van der Waals surface area (Å²) in [5, 5.41) is 5.98. The van der Waals surface area contributed by atoms with E-state index in [0.29, 0.717) is 60.9 Å². The van der Waals surface area contributed by atoms with E-state index in [4.69, 9.17) is 4.74 Å². The number of carbonyl (C=O) groups excluding carboxylic acids is 1. The molecule has 0 unspecified atom stereocenters. The smallest absolute Gasteiger partial charge is 0.401 e. The average molecular weight is 640 g/mol. The molecule has 246 valence electrons. The molecule has 5 rings (SSSR count). The first-order chi connectivity index (χ1) is 21.9. The largest absolute Gasteiger partial charge is 0.496 e. The highest BCUT2D eigenvalue weighted by molar-refractivity contribution is 6.00. The van der Waals surface area contributed by atoms with Crippen LogP contribution in [0.5, 0.6) is 5.75 Å². The number of ether oxygens (including phenoxy) is 1. The Bertz CT molecular complexity index is 1770. The lowest BCUT2D eigenvalue weighted by molar-refractivity contribution is -0.147. The van der Waals surface area contributed by atoms with Crippen LogP contribution >= 0.6 is 0 Å². The highest BCUT2D eigenvalue weighted by Crippen LogP contribution is 2.36. The lowest BCUT2D eigenvalue weighted by atomic mass is 10.00. The van der Waals surface area contributed by atoms with Crippen LogP contribution in [0.3, 0.4) is 0 Å². The van der Waals surface area contributed by atoms with E-state index in [2.05, 4.69) is 29.9 Å². The summed E-state index contributed by atoms with van der Waals surface area (Å²) in [6, 6.07) is 9.36. The Balaban J connectivity index is 1.56. The van der Waals surface area contributed by atoms with Gasteiger partial charge in [0.05, 0.1) is 31.3 Å². The summed E-state index contributed by atoms with van der Waals surface area (Å²) in [6.07, 6.45) is 0.554. The molecule has 0 aromatic carbocycles. The molecule has 1 saturated heterocycles. The summed E-state index contributed by atoms with van der Waals surface area (Å²) >= 11 is 0. The highest BCUT2D eigenvalue weighted by atomic mass is 19.4. The summed E-state index contributed by atoms with van der Waals surface area (Å²) in [5.41, 5.74) is 4.35. The van der Waals surface area contributed by atoms with Gasteiger partial charge in [0, 0.05) is 67.5 Å². The van der Waals surface area contributed by atoms with E-state index < -0.39 is 12.7 Å². The quantitative estimate of drug-likeness (QED) is 0.221. The molecule has 13 heteroatoms. The van der Waals surface area contributed by atoms with Crippen molar-refractivity contribution in [1.29, 1.82) is 0 Å². The van der Waals surface area contributed by atoms with Gasteiger partial charge in [-0.25, -0.2) is 4.98 Å². The number of H-pyrrole nitrogens is 1. The minimum Gasteiger partial charge on any atom is -0.496 e.